The summed E-state index contributed by atoms with van der Waals surface area (Å²) in [6.45, 7) is 1.61. The van der Waals surface area contributed by atoms with Crippen LogP contribution in [0.2, 0.25) is 0 Å². The molecule has 2 N–H and O–H groups in total. The fourth-order valence-electron chi connectivity index (χ4n) is 1.74. The predicted octanol–water partition coefficient (Wildman–Crippen LogP) is 1.93. The highest BCUT2D eigenvalue weighted by Gasteiger charge is 2.17. The van der Waals surface area contributed by atoms with Crippen molar-refractivity contribution in [2.24, 2.45) is 0 Å². The molecule has 6 nitrogen and oxygen atoms in total. The molecule has 0 fully saturated rings. The van der Waals surface area contributed by atoms with Gasteiger partial charge in [-0.2, -0.15) is 0 Å². The second-order valence-corrected chi connectivity index (χ2v) is 4.41. The van der Waals surface area contributed by atoms with Gasteiger partial charge in [0.2, 0.25) is 5.76 Å². The molecule has 104 valence electrons. The van der Waals surface area contributed by atoms with E-state index < -0.39 is 17.9 Å². The van der Waals surface area contributed by atoms with Crippen LogP contribution < -0.4 is 5.32 Å². The molecule has 2 rings (SSSR count). The van der Waals surface area contributed by atoms with Crippen LogP contribution in [0.1, 0.15) is 23.9 Å². The van der Waals surface area contributed by atoms with Gasteiger partial charge in [-0.05, 0) is 6.92 Å². The number of carboxylic acid groups (broad SMARTS) is 1. The number of benzene rings is 1. The Balaban J connectivity index is 2.05. The number of carboxylic acids is 1. The van der Waals surface area contributed by atoms with E-state index in [0.29, 0.717) is 5.69 Å². The van der Waals surface area contributed by atoms with Gasteiger partial charge < -0.3 is 14.9 Å². The number of nitrogens with zero attached hydrogens (tertiary/aromatic N) is 1. The molecule has 0 saturated carbocycles. The first-order chi connectivity index (χ1) is 9.56. The number of rotatable bonds is 5. The van der Waals surface area contributed by atoms with Crippen molar-refractivity contribution >= 4 is 11.9 Å². The second-order valence-electron chi connectivity index (χ2n) is 4.41. The van der Waals surface area contributed by atoms with Crippen LogP contribution in [0.4, 0.5) is 0 Å². The van der Waals surface area contributed by atoms with Crippen LogP contribution in [0.15, 0.2) is 40.9 Å². The fourth-order valence-corrected chi connectivity index (χ4v) is 1.74. The standard InChI is InChI=1S/C14H14N2O4/c1-9(7-13(17)18)15-14(19)12-8-11(16-20-12)10-5-3-2-4-6-10/h2-6,8-9H,7H2,1H3,(H,15,19)(H,17,18). The van der Waals surface area contributed by atoms with Crippen molar-refractivity contribution in [2.45, 2.75) is 19.4 Å². The van der Waals surface area contributed by atoms with Gasteiger partial charge in [0.15, 0.2) is 0 Å². The summed E-state index contributed by atoms with van der Waals surface area (Å²) >= 11 is 0. The fraction of sp³-hybridized carbons (Fsp3) is 0.214. The average molecular weight is 274 g/mol. The SMILES string of the molecule is CC(CC(=O)O)NC(=O)c1cc(-c2ccccc2)no1. The number of hydrogen-bond donors (Lipinski definition) is 2. The Morgan fingerprint density at radius 3 is 2.70 bits per heavy atom. The van der Waals surface area contributed by atoms with Crippen molar-refractivity contribution in [3.8, 4) is 11.3 Å². The zero-order chi connectivity index (χ0) is 14.5. The number of nitrogens with one attached hydrogen (secondary N) is 1. The third kappa shape index (κ3) is 3.44. The third-order valence-corrected chi connectivity index (χ3v) is 2.66. The molecule has 1 aromatic heterocycles. The van der Waals surface area contributed by atoms with E-state index in [1.807, 2.05) is 30.3 Å². The summed E-state index contributed by atoms with van der Waals surface area (Å²) < 4.78 is 4.98. The lowest BCUT2D eigenvalue weighted by molar-refractivity contribution is -0.137. The van der Waals surface area contributed by atoms with Gasteiger partial charge in [0.25, 0.3) is 5.91 Å². The highest BCUT2D eigenvalue weighted by atomic mass is 16.5. The third-order valence-electron chi connectivity index (χ3n) is 2.66. The molecule has 0 radical (unpaired) electrons. The number of hydrogen-bond acceptors (Lipinski definition) is 4. The average Bonchev–Trinajstić information content (AvgIpc) is 2.88. The van der Waals surface area contributed by atoms with Gasteiger partial charge >= 0.3 is 5.97 Å². The smallest absolute Gasteiger partial charge is 0.305 e. The number of aliphatic carboxylic acids is 1. The van der Waals surface area contributed by atoms with Gasteiger partial charge in [0.1, 0.15) is 5.69 Å². The van der Waals surface area contributed by atoms with Crippen molar-refractivity contribution in [1.82, 2.24) is 10.5 Å². The molecule has 0 aliphatic carbocycles. The van der Waals surface area contributed by atoms with E-state index in [4.69, 9.17) is 9.63 Å². The Bertz CT molecular complexity index is 607. The zero-order valence-electron chi connectivity index (χ0n) is 10.9. The maximum Gasteiger partial charge on any atom is 0.305 e. The Kier molecular flexibility index (Phi) is 4.14. The second kappa shape index (κ2) is 6.01. The van der Waals surface area contributed by atoms with E-state index in [0.717, 1.165) is 5.56 Å². The Morgan fingerprint density at radius 1 is 1.35 bits per heavy atom. The molecule has 0 saturated heterocycles. The van der Waals surface area contributed by atoms with Crippen molar-refractivity contribution in [2.75, 3.05) is 0 Å². The molecule has 1 heterocycles. The number of amides is 1. The Hall–Kier alpha value is -2.63. The molecule has 0 bridgehead atoms. The Morgan fingerprint density at radius 2 is 2.05 bits per heavy atom. The number of aromatic nitrogens is 1. The van der Waals surface area contributed by atoms with E-state index in [1.54, 1.807) is 6.92 Å². The van der Waals surface area contributed by atoms with Gasteiger partial charge in [-0.25, -0.2) is 0 Å². The molecular weight excluding hydrogens is 260 g/mol. The van der Waals surface area contributed by atoms with E-state index in [2.05, 4.69) is 10.5 Å². The lowest BCUT2D eigenvalue weighted by Crippen LogP contribution is -2.33. The van der Waals surface area contributed by atoms with Gasteiger partial charge in [-0.15, -0.1) is 0 Å². The van der Waals surface area contributed by atoms with E-state index in [1.165, 1.54) is 6.07 Å². The summed E-state index contributed by atoms with van der Waals surface area (Å²) in [6.07, 6.45) is -0.147. The first kappa shape index (κ1) is 13.8. The van der Waals surface area contributed by atoms with Gasteiger partial charge in [0.05, 0.1) is 6.42 Å². The van der Waals surface area contributed by atoms with Crippen LogP contribution in [0.5, 0.6) is 0 Å². The maximum absolute atomic E-state index is 11.8. The van der Waals surface area contributed by atoms with Crippen LogP contribution in [-0.2, 0) is 4.79 Å². The van der Waals surface area contributed by atoms with Crippen LogP contribution in [-0.4, -0.2) is 28.2 Å². The summed E-state index contributed by atoms with van der Waals surface area (Å²) in [5, 5.41) is 15.0. The molecule has 0 aliphatic rings. The minimum atomic E-state index is -0.972. The normalized spacial score (nSPS) is 11.8. The molecule has 6 heteroatoms. The van der Waals surface area contributed by atoms with E-state index in [9.17, 15) is 9.59 Å². The number of carbonyl (C=O) groups is 2. The molecule has 1 unspecified atom stereocenters. The summed E-state index contributed by atoms with van der Waals surface area (Å²) in [4.78, 5) is 22.4. The Labute approximate surface area is 115 Å². The van der Waals surface area contributed by atoms with Crippen LogP contribution in [0.3, 0.4) is 0 Å². The van der Waals surface area contributed by atoms with Crippen molar-refractivity contribution in [3.05, 3.63) is 42.2 Å². The summed E-state index contributed by atoms with van der Waals surface area (Å²) in [5.41, 5.74) is 1.40. The van der Waals surface area contributed by atoms with Crippen molar-refractivity contribution in [1.29, 1.82) is 0 Å². The van der Waals surface area contributed by atoms with Gasteiger partial charge in [-0.1, -0.05) is 35.5 Å². The summed E-state index contributed by atoms with van der Waals surface area (Å²) in [7, 11) is 0. The lowest BCUT2D eigenvalue weighted by Gasteiger charge is -2.09. The summed E-state index contributed by atoms with van der Waals surface area (Å²) in [5.74, 6) is -1.39. The van der Waals surface area contributed by atoms with Gasteiger partial charge in [-0.3, -0.25) is 9.59 Å². The van der Waals surface area contributed by atoms with Crippen molar-refractivity contribution in [3.63, 3.8) is 0 Å². The van der Waals surface area contributed by atoms with Crippen LogP contribution >= 0.6 is 0 Å². The molecule has 1 aromatic carbocycles. The molecule has 20 heavy (non-hydrogen) atoms. The topological polar surface area (TPSA) is 92.4 Å². The lowest BCUT2D eigenvalue weighted by atomic mass is 10.1. The first-order valence-electron chi connectivity index (χ1n) is 6.11. The molecule has 1 atom stereocenters. The van der Waals surface area contributed by atoms with Gasteiger partial charge in [0, 0.05) is 17.7 Å². The molecule has 0 aliphatic heterocycles. The monoisotopic (exact) mass is 274 g/mol. The number of carbonyl (C=O) groups excluding carboxylic acids is 1. The van der Waals surface area contributed by atoms with Crippen molar-refractivity contribution < 1.29 is 19.2 Å². The zero-order valence-corrected chi connectivity index (χ0v) is 10.9. The minimum Gasteiger partial charge on any atom is -0.481 e. The molecule has 1 amide bonds. The van der Waals surface area contributed by atoms with E-state index >= 15 is 0 Å². The van der Waals surface area contributed by atoms with Crippen LogP contribution in [0.25, 0.3) is 11.3 Å². The van der Waals surface area contributed by atoms with Crippen LogP contribution in [0, 0.1) is 0 Å². The maximum atomic E-state index is 11.8. The highest BCUT2D eigenvalue weighted by molar-refractivity contribution is 5.92. The largest absolute Gasteiger partial charge is 0.481 e. The predicted molar refractivity (Wildman–Crippen MR) is 71.1 cm³/mol. The molecule has 0 spiro atoms. The highest BCUT2D eigenvalue weighted by Crippen LogP contribution is 2.18. The quantitative estimate of drug-likeness (QED) is 0.869. The minimum absolute atomic E-state index is 0.0566. The summed E-state index contributed by atoms with van der Waals surface area (Å²) in [6, 6.07) is 10.4. The van der Waals surface area contributed by atoms with E-state index in [-0.39, 0.29) is 12.2 Å². The molecular formula is C14H14N2O4. The molecule has 2 aromatic rings. The first-order valence-corrected chi connectivity index (χ1v) is 6.11.